The molecular weight excluding hydrogens is 266 g/mol. The Morgan fingerprint density at radius 2 is 1.75 bits per heavy atom. The van der Waals surface area contributed by atoms with Gasteiger partial charge < -0.3 is 5.73 Å². The molecule has 0 unspecified atom stereocenters. The van der Waals surface area contributed by atoms with Crippen molar-refractivity contribution in [2.75, 3.05) is 5.73 Å². The lowest BCUT2D eigenvalue weighted by atomic mass is 9.90. The average Bonchev–Trinajstić information content (AvgIpc) is 2.22. The van der Waals surface area contributed by atoms with E-state index in [0.29, 0.717) is 11.7 Å². The molecule has 0 spiro atoms. The Morgan fingerprint density at radius 3 is 2.38 bits per heavy atom. The Morgan fingerprint density at radius 1 is 1.12 bits per heavy atom. The highest BCUT2D eigenvalue weighted by Gasteiger charge is 2.16. The fraction of sp³-hybridized carbons (Fsp3) is 0.667. The van der Waals surface area contributed by atoms with E-state index in [2.05, 4.69) is 25.9 Å². The Hall–Kier alpha value is -0.640. The summed E-state index contributed by atoms with van der Waals surface area (Å²) in [7, 11) is 0. The minimum atomic E-state index is 0.510. The first-order valence-corrected chi connectivity index (χ1v) is 6.84. The average molecular weight is 284 g/mol. The van der Waals surface area contributed by atoms with Gasteiger partial charge in [-0.3, -0.25) is 0 Å². The second-order valence-electron chi connectivity index (χ2n) is 4.50. The maximum absolute atomic E-state index is 5.80. The SMILES string of the molecule is Nc1nc(C2CCCCCCC2)ncc1Br. The smallest absolute Gasteiger partial charge is 0.141 e. The summed E-state index contributed by atoms with van der Waals surface area (Å²) in [5, 5.41) is 0. The maximum Gasteiger partial charge on any atom is 0.141 e. The van der Waals surface area contributed by atoms with E-state index in [4.69, 9.17) is 5.73 Å². The number of nitrogen functional groups attached to an aromatic ring is 1. The predicted molar refractivity (Wildman–Crippen MR) is 69.2 cm³/mol. The number of aromatic nitrogens is 2. The van der Waals surface area contributed by atoms with E-state index in [1.165, 1.54) is 44.9 Å². The Labute approximate surface area is 105 Å². The molecule has 0 atom stereocenters. The number of nitrogens with two attached hydrogens (primary N) is 1. The van der Waals surface area contributed by atoms with E-state index in [-0.39, 0.29) is 0 Å². The zero-order chi connectivity index (χ0) is 11.4. The quantitative estimate of drug-likeness (QED) is 0.856. The minimum absolute atomic E-state index is 0.510. The fourth-order valence-corrected chi connectivity index (χ4v) is 2.50. The lowest BCUT2D eigenvalue weighted by Gasteiger charge is -2.18. The van der Waals surface area contributed by atoms with Crippen LogP contribution in [0.15, 0.2) is 10.7 Å². The molecule has 1 aromatic heterocycles. The van der Waals surface area contributed by atoms with Crippen LogP contribution in [0.2, 0.25) is 0 Å². The molecule has 0 aromatic carbocycles. The van der Waals surface area contributed by atoms with Crippen LogP contribution < -0.4 is 5.73 Å². The number of hydrogen-bond acceptors (Lipinski definition) is 3. The van der Waals surface area contributed by atoms with Crippen molar-refractivity contribution in [3.63, 3.8) is 0 Å². The molecule has 0 aliphatic heterocycles. The third-order valence-corrected chi connectivity index (χ3v) is 3.87. The van der Waals surface area contributed by atoms with Gasteiger partial charge in [0.15, 0.2) is 0 Å². The van der Waals surface area contributed by atoms with Crippen LogP contribution in [0, 0.1) is 0 Å². The molecular formula is C12H18BrN3. The van der Waals surface area contributed by atoms with Crippen molar-refractivity contribution in [2.45, 2.75) is 50.9 Å². The third-order valence-electron chi connectivity index (χ3n) is 3.26. The van der Waals surface area contributed by atoms with E-state index in [1.807, 2.05) is 0 Å². The van der Waals surface area contributed by atoms with Crippen LogP contribution in [-0.4, -0.2) is 9.97 Å². The highest BCUT2D eigenvalue weighted by atomic mass is 79.9. The highest BCUT2D eigenvalue weighted by Crippen LogP contribution is 2.29. The third kappa shape index (κ3) is 2.94. The second kappa shape index (κ2) is 5.62. The van der Waals surface area contributed by atoms with Crippen molar-refractivity contribution >= 4 is 21.7 Å². The predicted octanol–water partition coefficient (Wildman–Crippen LogP) is 3.65. The molecule has 0 radical (unpaired) electrons. The summed E-state index contributed by atoms with van der Waals surface area (Å²) < 4.78 is 0.794. The molecule has 0 bridgehead atoms. The summed E-state index contributed by atoms with van der Waals surface area (Å²) in [6.07, 6.45) is 10.9. The van der Waals surface area contributed by atoms with Gasteiger partial charge in [0.05, 0.1) is 4.47 Å². The molecule has 1 aliphatic carbocycles. The molecule has 1 heterocycles. The van der Waals surface area contributed by atoms with Crippen molar-refractivity contribution in [3.05, 3.63) is 16.5 Å². The molecule has 1 saturated carbocycles. The number of hydrogen-bond donors (Lipinski definition) is 1. The van der Waals surface area contributed by atoms with E-state index >= 15 is 0 Å². The number of rotatable bonds is 1. The standard InChI is InChI=1S/C12H18BrN3/c13-10-8-15-12(16-11(10)14)9-6-4-2-1-3-5-7-9/h8-9H,1-7H2,(H2,14,15,16). The molecule has 2 rings (SSSR count). The molecule has 2 N–H and O–H groups in total. The van der Waals surface area contributed by atoms with Crippen molar-refractivity contribution in [3.8, 4) is 0 Å². The highest BCUT2D eigenvalue weighted by molar-refractivity contribution is 9.10. The lowest BCUT2D eigenvalue weighted by molar-refractivity contribution is 0.442. The molecule has 88 valence electrons. The van der Waals surface area contributed by atoms with E-state index in [1.54, 1.807) is 6.20 Å². The van der Waals surface area contributed by atoms with E-state index in [0.717, 1.165) is 10.3 Å². The molecule has 16 heavy (non-hydrogen) atoms. The number of halogens is 1. The minimum Gasteiger partial charge on any atom is -0.383 e. The lowest BCUT2D eigenvalue weighted by Crippen LogP contribution is -2.08. The first-order valence-electron chi connectivity index (χ1n) is 6.05. The Kier molecular flexibility index (Phi) is 4.16. The number of anilines is 1. The van der Waals surface area contributed by atoms with Crippen LogP contribution in [-0.2, 0) is 0 Å². The van der Waals surface area contributed by atoms with Crippen LogP contribution in [0.5, 0.6) is 0 Å². The summed E-state index contributed by atoms with van der Waals surface area (Å²) >= 11 is 3.33. The Balaban J connectivity index is 2.11. The van der Waals surface area contributed by atoms with Crippen molar-refractivity contribution < 1.29 is 0 Å². The van der Waals surface area contributed by atoms with Crippen LogP contribution >= 0.6 is 15.9 Å². The summed E-state index contributed by atoms with van der Waals surface area (Å²) in [5.74, 6) is 2.00. The van der Waals surface area contributed by atoms with E-state index < -0.39 is 0 Å². The monoisotopic (exact) mass is 283 g/mol. The summed E-state index contributed by atoms with van der Waals surface area (Å²) in [6, 6.07) is 0. The molecule has 4 heteroatoms. The first-order chi connectivity index (χ1) is 7.77. The van der Waals surface area contributed by atoms with E-state index in [9.17, 15) is 0 Å². The van der Waals surface area contributed by atoms with Crippen molar-refractivity contribution in [1.29, 1.82) is 0 Å². The van der Waals surface area contributed by atoms with Crippen LogP contribution in [0.3, 0.4) is 0 Å². The molecule has 1 fully saturated rings. The van der Waals surface area contributed by atoms with Gasteiger partial charge in [0, 0.05) is 12.1 Å². The summed E-state index contributed by atoms with van der Waals surface area (Å²) in [4.78, 5) is 8.79. The molecule has 1 aliphatic rings. The van der Waals surface area contributed by atoms with Gasteiger partial charge in [0.25, 0.3) is 0 Å². The van der Waals surface area contributed by atoms with Crippen LogP contribution in [0.25, 0.3) is 0 Å². The molecule has 3 nitrogen and oxygen atoms in total. The van der Waals surface area contributed by atoms with Crippen molar-refractivity contribution in [1.82, 2.24) is 9.97 Å². The van der Waals surface area contributed by atoms with Gasteiger partial charge >= 0.3 is 0 Å². The van der Waals surface area contributed by atoms with Crippen LogP contribution in [0.4, 0.5) is 5.82 Å². The summed E-state index contributed by atoms with van der Waals surface area (Å²) in [5.41, 5.74) is 5.80. The van der Waals surface area contributed by atoms with Gasteiger partial charge in [0.2, 0.25) is 0 Å². The molecule has 0 saturated heterocycles. The van der Waals surface area contributed by atoms with Crippen molar-refractivity contribution in [2.24, 2.45) is 0 Å². The normalized spacial score (nSPS) is 19.1. The fourth-order valence-electron chi connectivity index (χ4n) is 2.31. The van der Waals surface area contributed by atoms with Gasteiger partial charge in [-0.1, -0.05) is 32.1 Å². The topological polar surface area (TPSA) is 51.8 Å². The summed E-state index contributed by atoms with van der Waals surface area (Å²) in [6.45, 7) is 0. The maximum atomic E-state index is 5.80. The zero-order valence-corrected chi connectivity index (χ0v) is 11.0. The first kappa shape index (κ1) is 11.8. The van der Waals surface area contributed by atoms with Crippen LogP contribution in [0.1, 0.15) is 56.7 Å². The largest absolute Gasteiger partial charge is 0.383 e. The van der Waals surface area contributed by atoms with Gasteiger partial charge in [0.1, 0.15) is 11.6 Å². The van der Waals surface area contributed by atoms with Gasteiger partial charge in [-0.25, -0.2) is 9.97 Å². The van der Waals surface area contributed by atoms with Gasteiger partial charge in [-0.2, -0.15) is 0 Å². The second-order valence-corrected chi connectivity index (χ2v) is 5.36. The van der Waals surface area contributed by atoms with Gasteiger partial charge in [-0.15, -0.1) is 0 Å². The van der Waals surface area contributed by atoms with Gasteiger partial charge in [-0.05, 0) is 28.8 Å². The molecule has 1 aromatic rings. The number of nitrogens with zero attached hydrogens (tertiary/aromatic N) is 2. The zero-order valence-electron chi connectivity index (χ0n) is 9.45. The molecule has 0 amide bonds. The Bertz CT molecular complexity index is 346.